The highest BCUT2D eigenvalue weighted by molar-refractivity contribution is 9.10. The fourth-order valence-electron chi connectivity index (χ4n) is 5.44. The van der Waals surface area contributed by atoms with E-state index in [0.29, 0.717) is 63.9 Å². The minimum atomic E-state index is -0.744. The van der Waals surface area contributed by atoms with Gasteiger partial charge in [0.25, 0.3) is 0 Å². The summed E-state index contributed by atoms with van der Waals surface area (Å²) >= 11 is 3.66. The Morgan fingerprint density at radius 1 is 0.949 bits per heavy atom. The van der Waals surface area contributed by atoms with E-state index in [1.54, 1.807) is 34.5 Å². The molecule has 1 aliphatic heterocycles. The molecule has 1 heterocycles. The zero-order valence-corrected chi connectivity index (χ0v) is 24.7. The molecule has 2 aromatic carbocycles. The van der Waals surface area contributed by atoms with Gasteiger partial charge in [-0.3, -0.25) is 14.6 Å². The summed E-state index contributed by atoms with van der Waals surface area (Å²) in [7, 11) is 6.30. The number of hydrogen-bond acceptors (Lipinski definition) is 8. The van der Waals surface area contributed by atoms with Crippen LogP contribution in [0.5, 0.6) is 23.0 Å². The molecule has 0 radical (unpaired) electrons. The van der Waals surface area contributed by atoms with Crippen molar-refractivity contribution in [2.75, 3.05) is 35.0 Å². The standard InChI is InChI=1S/C30H34BrNO7/c1-7-10-39-30(34)27-16(2)32-21-11-18(17-8-9-23(35-3)24(13-17)36-4)12-22(33)29(21)28(27)19-14-25(37-5)26(38-6)15-20(19)31/h8-9,13-15,18,27-28H,7,10-12H2,1-6H3/t18-,27?,28+/m1/s1. The summed E-state index contributed by atoms with van der Waals surface area (Å²) in [5, 5.41) is 0. The number of halogens is 1. The molecule has 9 heteroatoms. The van der Waals surface area contributed by atoms with Crippen LogP contribution < -0.4 is 18.9 Å². The lowest BCUT2D eigenvalue weighted by atomic mass is 9.69. The molecule has 2 aromatic rings. The second-order valence-corrected chi connectivity index (χ2v) is 10.5. The predicted octanol–water partition coefficient (Wildman–Crippen LogP) is 6.01. The highest BCUT2D eigenvalue weighted by atomic mass is 79.9. The van der Waals surface area contributed by atoms with Crippen molar-refractivity contribution >= 4 is 33.4 Å². The van der Waals surface area contributed by atoms with E-state index in [-0.39, 0.29) is 18.1 Å². The van der Waals surface area contributed by atoms with Gasteiger partial charge in [-0.05, 0) is 61.1 Å². The van der Waals surface area contributed by atoms with Crippen LogP contribution in [0.25, 0.3) is 0 Å². The first-order valence-electron chi connectivity index (χ1n) is 12.9. The Balaban J connectivity index is 1.83. The molecule has 0 saturated carbocycles. The maximum absolute atomic E-state index is 13.9. The van der Waals surface area contributed by atoms with Crippen molar-refractivity contribution in [1.29, 1.82) is 0 Å². The molecule has 8 nitrogen and oxygen atoms in total. The first kappa shape index (κ1) is 28.7. The quantitative estimate of drug-likeness (QED) is 0.326. The first-order valence-corrected chi connectivity index (χ1v) is 13.7. The molecule has 1 aliphatic carbocycles. The van der Waals surface area contributed by atoms with Gasteiger partial charge in [-0.2, -0.15) is 0 Å². The molecule has 0 spiro atoms. The Hall–Kier alpha value is -3.33. The fourth-order valence-corrected chi connectivity index (χ4v) is 6.01. The van der Waals surface area contributed by atoms with Gasteiger partial charge in [-0.25, -0.2) is 0 Å². The second-order valence-electron chi connectivity index (χ2n) is 9.61. The van der Waals surface area contributed by atoms with Crippen LogP contribution in [0.3, 0.4) is 0 Å². The van der Waals surface area contributed by atoms with E-state index in [9.17, 15) is 9.59 Å². The number of benzene rings is 2. The minimum absolute atomic E-state index is 0.0488. The van der Waals surface area contributed by atoms with Gasteiger partial charge in [-0.15, -0.1) is 0 Å². The number of carbonyl (C=O) groups excluding carboxylic acids is 2. The summed E-state index contributed by atoms with van der Waals surface area (Å²) in [6.45, 7) is 4.06. The number of nitrogens with zero attached hydrogens (tertiary/aromatic N) is 1. The highest BCUT2D eigenvalue weighted by Crippen LogP contribution is 2.50. The Morgan fingerprint density at radius 3 is 2.23 bits per heavy atom. The SMILES string of the molecule is CCCOC(=O)C1C(C)=NC2=C(C(=O)C[C@H](c3ccc(OC)c(OC)c3)C2)[C@H]1c1cc(OC)c(OC)cc1Br. The van der Waals surface area contributed by atoms with Crippen molar-refractivity contribution in [1.82, 2.24) is 0 Å². The van der Waals surface area contributed by atoms with Gasteiger partial charge in [-0.1, -0.05) is 28.9 Å². The third-order valence-corrected chi connectivity index (χ3v) is 7.99. The van der Waals surface area contributed by atoms with Crippen molar-refractivity contribution in [3.8, 4) is 23.0 Å². The summed E-state index contributed by atoms with van der Waals surface area (Å²) < 4.78 is 28.2. The number of hydrogen-bond donors (Lipinski definition) is 0. The summed E-state index contributed by atoms with van der Waals surface area (Å²) in [6.07, 6.45) is 1.52. The predicted molar refractivity (Wildman–Crippen MR) is 151 cm³/mol. The maximum Gasteiger partial charge on any atom is 0.315 e. The normalized spacial score (nSPS) is 20.6. The monoisotopic (exact) mass is 599 g/mol. The van der Waals surface area contributed by atoms with Crippen molar-refractivity contribution in [2.24, 2.45) is 10.9 Å². The van der Waals surface area contributed by atoms with E-state index in [1.807, 2.05) is 38.1 Å². The molecule has 1 unspecified atom stereocenters. The van der Waals surface area contributed by atoms with Crippen LogP contribution in [-0.2, 0) is 14.3 Å². The third-order valence-electron chi connectivity index (χ3n) is 7.31. The van der Waals surface area contributed by atoms with Crippen LogP contribution >= 0.6 is 15.9 Å². The maximum atomic E-state index is 13.9. The van der Waals surface area contributed by atoms with Crippen LogP contribution in [0.15, 0.2) is 51.1 Å². The highest BCUT2D eigenvalue weighted by Gasteiger charge is 2.45. The molecule has 2 aliphatic rings. The number of aliphatic imine (C=N–C) groups is 1. The molecule has 0 aromatic heterocycles. The van der Waals surface area contributed by atoms with Crippen molar-refractivity contribution < 1.29 is 33.3 Å². The molecule has 0 amide bonds. The number of Topliss-reactive ketones (excluding diaryl/α,β-unsaturated/α-hetero) is 1. The Labute approximate surface area is 237 Å². The molecular weight excluding hydrogens is 566 g/mol. The van der Waals surface area contributed by atoms with Crippen LogP contribution in [0.1, 0.15) is 56.1 Å². The largest absolute Gasteiger partial charge is 0.493 e. The molecule has 208 valence electrons. The molecule has 0 fully saturated rings. The van der Waals surface area contributed by atoms with Gasteiger partial charge < -0.3 is 23.7 Å². The molecule has 0 N–H and O–H groups in total. The van der Waals surface area contributed by atoms with Crippen molar-refractivity contribution in [3.05, 3.63) is 57.2 Å². The van der Waals surface area contributed by atoms with Crippen LogP contribution in [0.2, 0.25) is 0 Å². The number of carbonyl (C=O) groups is 2. The summed E-state index contributed by atoms with van der Waals surface area (Å²) in [5.41, 5.74) is 3.56. The average Bonchev–Trinajstić information content (AvgIpc) is 2.94. The van der Waals surface area contributed by atoms with Crippen molar-refractivity contribution in [3.63, 3.8) is 0 Å². The topological polar surface area (TPSA) is 92.7 Å². The van der Waals surface area contributed by atoms with Crippen LogP contribution in [0, 0.1) is 5.92 Å². The Bertz CT molecular complexity index is 1330. The number of rotatable bonds is 9. The summed E-state index contributed by atoms with van der Waals surface area (Å²) in [6, 6.07) is 9.34. The van der Waals surface area contributed by atoms with Crippen molar-refractivity contribution in [2.45, 2.75) is 44.9 Å². The van der Waals surface area contributed by atoms with Gasteiger partial charge in [0.15, 0.2) is 28.8 Å². The number of methoxy groups -OCH3 is 4. The molecule has 0 saturated heterocycles. The van der Waals surface area contributed by atoms with E-state index in [2.05, 4.69) is 15.9 Å². The summed E-state index contributed by atoms with van der Waals surface area (Å²) in [5.74, 6) is 0.408. The zero-order valence-electron chi connectivity index (χ0n) is 23.1. The van der Waals surface area contributed by atoms with Gasteiger partial charge in [0.2, 0.25) is 0 Å². The van der Waals surface area contributed by atoms with E-state index in [1.165, 1.54) is 0 Å². The van der Waals surface area contributed by atoms with Gasteiger partial charge >= 0.3 is 5.97 Å². The lowest BCUT2D eigenvalue weighted by Gasteiger charge is -2.37. The lowest BCUT2D eigenvalue weighted by Crippen LogP contribution is -2.38. The van der Waals surface area contributed by atoms with Gasteiger partial charge in [0.1, 0.15) is 5.92 Å². The summed E-state index contributed by atoms with van der Waals surface area (Å²) in [4.78, 5) is 32.2. The van der Waals surface area contributed by atoms with E-state index < -0.39 is 17.8 Å². The minimum Gasteiger partial charge on any atom is -0.493 e. The van der Waals surface area contributed by atoms with E-state index in [4.69, 9.17) is 28.7 Å². The van der Waals surface area contributed by atoms with Gasteiger partial charge in [0, 0.05) is 33.8 Å². The first-order chi connectivity index (χ1) is 18.8. The third kappa shape index (κ3) is 5.55. The van der Waals surface area contributed by atoms with E-state index >= 15 is 0 Å². The van der Waals surface area contributed by atoms with E-state index in [0.717, 1.165) is 11.1 Å². The molecule has 0 bridgehead atoms. The van der Waals surface area contributed by atoms with Crippen LogP contribution in [-0.4, -0.2) is 52.5 Å². The zero-order chi connectivity index (χ0) is 28.3. The fraction of sp³-hybridized carbons (Fsp3) is 0.433. The Morgan fingerprint density at radius 2 is 1.59 bits per heavy atom. The number of allylic oxidation sites excluding steroid dienone is 2. The average molecular weight is 601 g/mol. The molecule has 4 rings (SSSR count). The molecule has 3 atom stereocenters. The van der Waals surface area contributed by atoms with Crippen LogP contribution in [0.4, 0.5) is 0 Å². The smallest absolute Gasteiger partial charge is 0.315 e. The molecule has 39 heavy (non-hydrogen) atoms. The Kier molecular flexibility index (Phi) is 9.00. The number of ketones is 1. The lowest BCUT2D eigenvalue weighted by molar-refractivity contribution is -0.146. The molecular formula is C30H34BrNO7. The van der Waals surface area contributed by atoms with Gasteiger partial charge in [0.05, 0.1) is 35.0 Å². The number of ether oxygens (including phenoxy) is 5. The number of esters is 1. The second kappa shape index (κ2) is 12.2.